The quantitative estimate of drug-likeness (QED) is 0.299. The average Bonchev–Trinajstić information content (AvgIpc) is 3.26. The van der Waals surface area contributed by atoms with Crippen molar-refractivity contribution in [3.63, 3.8) is 0 Å². The summed E-state index contributed by atoms with van der Waals surface area (Å²) in [5.74, 6) is 4.50. The van der Waals surface area contributed by atoms with Crippen molar-refractivity contribution in [3.05, 3.63) is 59.8 Å². The molecule has 4 amide bonds. The molecule has 1 aliphatic heterocycles. The number of urea groups is 1. The smallest absolute Gasteiger partial charge is 0.323 e. The first kappa shape index (κ1) is 23.7. The number of rotatable bonds is 5. The molecule has 3 aromatic rings. The summed E-state index contributed by atoms with van der Waals surface area (Å²) < 4.78 is 30.9. The van der Waals surface area contributed by atoms with Crippen LogP contribution in [0.3, 0.4) is 0 Å². The molecule has 12 heteroatoms. The van der Waals surface area contributed by atoms with Crippen LogP contribution in [0.1, 0.15) is 15.9 Å². The molecule has 0 aliphatic carbocycles. The predicted molar refractivity (Wildman–Crippen MR) is 125 cm³/mol. The Balaban J connectivity index is 1.65. The first-order valence-electron chi connectivity index (χ1n) is 10.1. The maximum atomic E-state index is 12.7. The number of hydrogen-bond acceptors (Lipinski definition) is 7. The van der Waals surface area contributed by atoms with E-state index in [9.17, 15) is 27.9 Å². The maximum Gasteiger partial charge on any atom is 0.323 e. The van der Waals surface area contributed by atoms with Crippen molar-refractivity contribution in [2.75, 3.05) is 13.4 Å². The van der Waals surface area contributed by atoms with E-state index < -0.39 is 33.4 Å². The van der Waals surface area contributed by atoms with Crippen LogP contribution in [-0.2, 0) is 21.4 Å². The number of aromatic nitrogens is 1. The number of ether oxygens (including phenoxy) is 1. The highest BCUT2D eigenvalue weighted by molar-refractivity contribution is 7.89. The Bertz CT molecular complexity index is 1530. The normalized spacial score (nSPS) is 17.3. The SMILES string of the molecule is COc1ccc2cn(C[C@@]3(C#Cc4ccc(C(=O)NS(C)(=O)=O)cc4)NC(=O)NC3=O)c(O)c2c1. The van der Waals surface area contributed by atoms with E-state index in [1.165, 1.54) is 35.9 Å². The standard InChI is InChI=1S/C23H20N4O7S/c1-34-17-8-7-16-12-27(20(29)18(16)11-17)13-23(21(30)24-22(31)25-23)10-9-14-3-5-15(6-4-14)19(28)26-35(2,32)33/h3-8,11-12,29H,13H2,1-2H3,(H,26,28)(H2,24,25,30,31)/t23-/m1/s1. The summed E-state index contributed by atoms with van der Waals surface area (Å²) in [6, 6.07) is 10.1. The molecule has 0 spiro atoms. The predicted octanol–water partition coefficient (Wildman–Crippen LogP) is 0.675. The van der Waals surface area contributed by atoms with Crippen LogP contribution in [0.25, 0.3) is 10.8 Å². The Labute approximate surface area is 200 Å². The summed E-state index contributed by atoms with van der Waals surface area (Å²) >= 11 is 0. The van der Waals surface area contributed by atoms with E-state index in [1.54, 1.807) is 24.4 Å². The fourth-order valence-corrected chi connectivity index (χ4v) is 4.02. The summed E-state index contributed by atoms with van der Waals surface area (Å²) in [6.45, 7) is -0.185. The van der Waals surface area contributed by atoms with Crippen molar-refractivity contribution in [1.82, 2.24) is 19.9 Å². The van der Waals surface area contributed by atoms with Gasteiger partial charge >= 0.3 is 6.03 Å². The van der Waals surface area contributed by atoms with Crippen LogP contribution >= 0.6 is 0 Å². The number of nitrogens with one attached hydrogen (secondary N) is 3. The topological polar surface area (TPSA) is 156 Å². The lowest BCUT2D eigenvalue weighted by molar-refractivity contribution is -0.122. The number of hydrogen-bond donors (Lipinski definition) is 4. The van der Waals surface area contributed by atoms with Crippen molar-refractivity contribution >= 4 is 38.6 Å². The lowest BCUT2D eigenvalue weighted by atomic mass is 9.99. The van der Waals surface area contributed by atoms with Crippen LogP contribution in [0.4, 0.5) is 4.79 Å². The first-order valence-corrected chi connectivity index (χ1v) is 12.0. The number of benzene rings is 2. The largest absolute Gasteiger partial charge is 0.497 e. The van der Waals surface area contributed by atoms with Crippen molar-refractivity contribution in [2.24, 2.45) is 0 Å². The van der Waals surface area contributed by atoms with Gasteiger partial charge in [0, 0.05) is 28.1 Å². The minimum absolute atomic E-state index is 0.0991. The fraction of sp³-hybridized carbons (Fsp3) is 0.174. The Hall–Kier alpha value is -4.50. The highest BCUT2D eigenvalue weighted by atomic mass is 32.2. The van der Waals surface area contributed by atoms with E-state index >= 15 is 0 Å². The number of methoxy groups -OCH3 is 1. The number of nitrogens with zero attached hydrogens (tertiary/aromatic N) is 1. The number of amides is 4. The lowest BCUT2D eigenvalue weighted by Gasteiger charge is -2.20. The number of sulfonamides is 1. The number of carbonyl (C=O) groups excluding carboxylic acids is 3. The third-order valence-corrected chi connectivity index (χ3v) is 5.82. The number of fused-ring (bicyclic) bond motifs is 1. The zero-order valence-corrected chi connectivity index (χ0v) is 19.4. The van der Waals surface area contributed by atoms with Crippen molar-refractivity contribution in [1.29, 1.82) is 0 Å². The van der Waals surface area contributed by atoms with E-state index in [0.717, 1.165) is 6.26 Å². The van der Waals surface area contributed by atoms with Crippen molar-refractivity contribution < 1.29 is 32.6 Å². The molecule has 2 heterocycles. The van der Waals surface area contributed by atoms with Gasteiger partial charge in [-0.1, -0.05) is 11.8 Å². The van der Waals surface area contributed by atoms with Crippen LogP contribution in [0.15, 0.2) is 48.7 Å². The molecule has 4 rings (SSSR count). The van der Waals surface area contributed by atoms with Gasteiger partial charge in [-0.15, -0.1) is 0 Å². The molecule has 4 N–H and O–H groups in total. The molecular weight excluding hydrogens is 476 g/mol. The number of carbonyl (C=O) groups is 3. The molecule has 11 nitrogen and oxygen atoms in total. The number of aromatic hydroxyl groups is 1. The van der Waals surface area contributed by atoms with Gasteiger partial charge in [-0.05, 0) is 42.5 Å². The van der Waals surface area contributed by atoms with Gasteiger partial charge in [-0.2, -0.15) is 0 Å². The number of imide groups is 1. The molecule has 1 saturated heterocycles. The van der Waals surface area contributed by atoms with Gasteiger partial charge in [-0.3, -0.25) is 14.9 Å². The third kappa shape index (κ3) is 4.90. The third-order valence-electron chi connectivity index (χ3n) is 5.26. The second-order valence-electron chi connectivity index (χ2n) is 7.88. The van der Waals surface area contributed by atoms with Gasteiger partial charge in [0.25, 0.3) is 11.8 Å². The molecule has 35 heavy (non-hydrogen) atoms. The van der Waals surface area contributed by atoms with Gasteiger partial charge in [0.15, 0.2) is 5.88 Å². The molecule has 0 saturated carbocycles. The zero-order valence-electron chi connectivity index (χ0n) is 18.6. The van der Waals surface area contributed by atoms with E-state index in [-0.39, 0.29) is 18.0 Å². The average molecular weight is 497 g/mol. The Morgan fingerprint density at radius 2 is 1.91 bits per heavy atom. The molecule has 2 aromatic carbocycles. The van der Waals surface area contributed by atoms with Crippen molar-refractivity contribution in [2.45, 2.75) is 12.1 Å². The monoisotopic (exact) mass is 496 g/mol. The minimum atomic E-state index is -3.71. The second-order valence-corrected chi connectivity index (χ2v) is 9.63. The molecule has 0 bridgehead atoms. The lowest BCUT2D eigenvalue weighted by Crippen LogP contribution is -2.49. The van der Waals surface area contributed by atoms with Gasteiger partial charge < -0.3 is 19.7 Å². The van der Waals surface area contributed by atoms with E-state index in [1.807, 2.05) is 4.72 Å². The Morgan fingerprint density at radius 3 is 2.51 bits per heavy atom. The zero-order chi connectivity index (χ0) is 25.4. The van der Waals surface area contributed by atoms with E-state index in [0.29, 0.717) is 22.1 Å². The summed E-state index contributed by atoms with van der Waals surface area (Å²) in [5.41, 5.74) is -1.18. The van der Waals surface area contributed by atoms with Crippen LogP contribution < -0.4 is 20.1 Å². The molecule has 0 unspecified atom stereocenters. The molecule has 1 atom stereocenters. The summed E-state index contributed by atoms with van der Waals surface area (Å²) in [5, 5.41) is 16.6. The highest BCUT2D eigenvalue weighted by Crippen LogP contribution is 2.32. The fourth-order valence-electron chi connectivity index (χ4n) is 3.57. The van der Waals surface area contributed by atoms with Crippen LogP contribution in [0.5, 0.6) is 11.6 Å². The molecule has 0 radical (unpaired) electrons. The minimum Gasteiger partial charge on any atom is -0.497 e. The first-order chi connectivity index (χ1) is 16.5. The van der Waals surface area contributed by atoms with Gasteiger partial charge in [0.1, 0.15) is 5.75 Å². The van der Waals surface area contributed by atoms with Crippen LogP contribution in [-0.4, -0.2) is 54.8 Å². The van der Waals surface area contributed by atoms with Crippen molar-refractivity contribution in [3.8, 4) is 23.5 Å². The second kappa shape index (κ2) is 8.69. The highest BCUT2D eigenvalue weighted by Gasteiger charge is 2.46. The Kier molecular flexibility index (Phi) is 5.87. The van der Waals surface area contributed by atoms with Crippen LogP contribution in [0, 0.1) is 11.8 Å². The maximum absolute atomic E-state index is 12.7. The van der Waals surface area contributed by atoms with E-state index in [4.69, 9.17) is 4.74 Å². The van der Waals surface area contributed by atoms with Crippen LogP contribution in [0.2, 0.25) is 0 Å². The molecule has 1 fully saturated rings. The van der Waals surface area contributed by atoms with Gasteiger partial charge in [0.2, 0.25) is 15.6 Å². The molecule has 180 valence electrons. The van der Waals surface area contributed by atoms with Gasteiger partial charge in [-0.25, -0.2) is 17.9 Å². The molecule has 1 aliphatic rings. The summed E-state index contributed by atoms with van der Waals surface area (Å²) in [6.07, 6.45) is 2.49. The summed E-state index contributed by atoms with van der Waals surface area (Å²) in [7, 11) is -2.21. The molecular formula is C23H20N4O7S. The molecule has 1 aromatic heterocycles. The Morgan fingerprint density at radius 1 is 1.20 bits per heavy atom. The summed E-state index contributed by atoms with van der Waals surface area (Å²) in [4.78, 5) is 36.6. The van der Waals surface area contributed by atoms with E-state index in [2.05, 4.69) is 22.5 Å². The van der Waals surface area contributed by atoms with Gasteiger partial charge in [0.05, 0.1) is 19.9 Å².